The largest absolute Gasteiger partial charge is 0.481 e. The number of carbonyl (C=O) groups excluding carboxylic acids is 1. The van der Waals surface area contributed by atoms with Gasteiger partial charge in [0.25, 0.3) is 0 Å². The van der Waals surface area contributed by atoms with E-state index in [0.29, 0.717) is 0 Å². The quantitative estimate of drug-likeness (QED) is 0.746. The lowest BCUT2D eigenvalue weighted by atomic mass is 10.2. The Bertz CT molecular complexity index is 258. The lowest BCUT2D eigenvalue weighted by Crippen LogP contribution is -2.39. The van der Waals surface area contributed by atoms with Crippen LogP contribution >= 0.6 is 0 Å². The highest BCUT2D eigenvalue weighted by atomic mass is 16.6. The van der Waals surface area contributed by atoms with Crippen molar-refractivity contribution in [2.75, 3.05) is 13.6 Å². The molecule has 0 aromatic carbocycles. The fourth-order valence-corrected chi connectivity index (χ4v) is 0.997. The number of ether oxygens (including phenoxy) is 1. The maximum Gasteiger partial charge on any atom is 0.410 e. The van der Waals surface area contributed by atoms with Crippen LogP contribution in [0.25, 0.3) is 0 Å². The summed E-state index contributed by atoms with van der Waals surface area (Å²) in [6, 6.07) is 0. The molecule has 6 nitrogen and oxygen atoms in total. The molecule has 1 atom stereocenters. The zero-order valence-electron chi connectivity index (χ0n) is 10.1. The fourth-order valence-electron chi connectivity index (χ4n) is 0.997. The monoisotopic (exact) mass is 233 g/mol. The predicted octanol–water partition coefficient (Wildman–Crippen LogP) is 0.689. The molecule has 0 fully saturated rings. The van der Waals surface area contributed by atoms with Crippen LogP contribution in [0.1, 0.15) is 27.2 Å². The first-order chi connectivity index (χ1) is 7.11. The lowest BCUT2D eigenvalue weighted by Gasteiger charge is -2.25. The van der Waals surface area contributed by atoms with E-state index in [2.05, 4.69) is 0 Å². The first kappa shape index (κ1) is 14.7. The van der Waals surface area contributed by atoms with E-state index in [4.69, 9.17) is 9.84 Å². The van der Waals surface area contributed by atoms with Gasteiger partial charge >= 0.3 is 12.1 Å². The van der Waals surface area contributed by atoms with Gasteiger partial charge in [-0.15, -0.1) is 0 Å². The number of carboxylic acids is 1. The summed E-state index contributed by atoms with van der Waals surface area (Å²) in [6.45, 7) is 5.12. The molecule has 0 aliphatic rings. The zero-order chi connectivity index (χ0) is 12.9. The minimum Gasteiger partial charge on any atom is -0.481 e. The van der Waals surface area contributed by atoms with Crippen molar-refractivity contribution >= 4 is 12.1 Å². The number of carboxylic acid groups (broad SMARTS) is 1. The average molecular weight is 233 g/mol. The van der Waals surface area contributed by atoms with Gasteiger partial charge in [-0.3, -0.25) is 4.79 Å². The third-order valence-electron chi connectivity index (χ3n) is 1.60. The van der Waals surface area contributed by atoms with Crippen LogP contribution in [0.5, 0.6) is 0 Å². The maximum atomic E-state index is 11.4. The first-order valence-corrected chi connectivity index (χ1v) is 4.96. The fraction of sp³-hybridized carbons (Fsp3) is 0.800. The van der Waals surface area contributed by atoms with Gasteiger partial charge in [0.15, 0.2) is 0 Å². The lowest BCUT2D eigenvalue weighted by molar-refractivity contribution is -0.139. The summed E-state index contributed by atoms with van der Waals surface area (Å²) in [5, 5.41) is 17.7. The van der Waals surface area contributed by atoms with E-state index in [1.54, 1.807) is 20.8 Å². The molecular weight excluding hydrogens is 214 g/mol. The van der Waals surface area contributed by atoms with Crippen LogP contribution in [0.3, 0.4) is 0 Å². The number of amides is 1. The van der Waals surface area contributed by atoms with E-state index in [1.165, 1.54) is 7.05 Å². The molecule has 2 N–H and O–H groups in total. The summed E-state index contributed by atoms with van der Waals surface area (Å²) in [6.07, 6.45) is -2.07. The molecule has 0 bridgehead atoms. The van der Waals surface area contributed by atoms with Crippen molar-refractivity contribution in [2.24, 2.45) is 0 Å². The standard InChI is InChI=1S/C10H19NO5/c1-10(2,3)16-9(15)11(4)6-7(12)5-8(13)14/h7,12H,5-6H2,1-4H3,(H,13,14). The summed E-state index contributed by atoms with van der Waals surface area (Å²) in [7, 11) is 1.44. The van der Waals surface area contributed by atoms with Gasteiger partial charge in [0.2, 0.25) is 0 Å². The second-order valence-corrected chi connectivity index (χ2v) is 4.61. The number of rotatable bonds is 4. The minimum atomic E-state index is -1.11. The Hall–Kier alpha value is -1.30. The van der Waals surface area contributed by atoms with Crippen LogP contribution in [0.15, 0.2) is 0 Å². The SMILES string of the molecule is CN(CC(O)CC(=O)O)C(=O)OC(C)(C)C. The highest BCUT2D eigenvalue weighted by Gasteiger charge is 2.21. The molecule has 0 saturated carbocycles. The maximum absolute atomic E-state index is 11.4. The Kier molecular flexibility index (Phi) is 5.23. The number of hydrogen-bond donors (Lipinski definition) is 2. The average Bonchev–Trinajstić information content (AvgIpc) is 1.98. The summed E-state index contributed by atoms with van der Waals surface area (Å²) < 4.78 is 5.03. The van der Waals surface area contributed by atoms with Gasteiger partial charge in [0.05, 0.1) is 19.1 Å². The van der Waals surface area contributed by atoms with Crippen LogP contribution in [-0.2, 0) is 9.53 Å². The molecule has 0 radical (unpaired) electrons. The Morgan fingerprint density at radius 3 is 2.25 bits per heavy atom. The minimum absolute atomic E-state index is 0.0682. The van der Waals surface area contributed by atoms with Crippen molar-refractivity contribution in [3.05, 3.63) is 0 Å². The second-order valence-electron chi connectivity index (χ2n) is 4.61. The third-order valence-corrected chi connectivity index (χ3v) is 1.60. The van der Waals surface area contributed by atoms with Gasteiger partial charge in [-0.05, 0) is 20.8 Å². The van der Waals surface area contributed by atoms with Gasteiger partial charge < -0.3 is 19.8 Å². The smallest absolute Gasteiger partial charge is 0.410 e. The second kappa shape index (κ2) is 5.69. The van der Waals surface area contributed by atoms with Crippen molar-refractivity contribution in [2.45, 2.75) is 38.9 Å². The predicted molar refractivity (Wildman–Crippen MR) is 57.1 cm³/mol. The highest BCUT2D eigenvalue weighted by Crippen LogP contribution is 2.09. The van der Waals surface area contributed by atoms with Crippen LogP contribution in [-0.4, -0.2) is 52.5 Å². The van der Waals surface area contributed by atoms with E-state index >= 15 is 0 Å². The van der Waals surface area contributed by atoms with Crippen molar-refractivity contribution in [1.82, 2.24) is 4.90 Å². The number of carbonyl (C=O) groups is 2. The van der Waals surface area contributed by atoms with Crippen molar-refractivity contribution in [1.29, 1.82) is 0 Å². The Morgan fingerprint density at radius 1 is 1.38 bits per heavy atom. The summed E-state index contributed by atoms with van der Waals surface area (Å²) >= 11 is 0. The highest BCUT2D eigenvalue weighted by molar-refractivity contribution is 5.69. The van der Waals surface area contributed by atoms with E-state index in [-0.39, 0.29) is 6.54 Å². The van der Waals surface area contributed by atoms with Gasteiger partial charge in [0, 0.05) is 7.05 Å². The molecule has 0 aliphatic carbocycles. The van der Waals surface area contributed by atoms with Crippen LogP contribution < -0.4 is 0 Å². The molecule has 94 valence electrons. The van der Waals surface area contributed by atoms with Crippen molar-refractivity contribution in [3.63, 3.8) is 0 Å². The van der Waals surface area contributed by atoms with E-state index in [9.17, 15) is 14.7 Å². The summed E-state index contributed by atoms with van der Waals surface area (Å²) in [5.41, 5.74) is -0.608. The number of nitrogens with zero attached hydrogens (tertiary/aromatic N) is 1. The molecule has 0 aromatic rings. The van der Waals surface area contributed by atoms with Gasteiger partial charge in [-0.25, -0.2) is 4.79 Å². The summed E-state index contributed by atoms with van der Waals surface area (Å²) in [5.74, 6) is -1.11. The third kappa shape index (κ3) is 7.05. The zero-order valence-corrected chi connectivity index (χ0v) is 10.1. The molecule has 0 saturated heterocycles. The van der Waals surface area contributed by atoms with Crippen LogP contribution in [0.2, 0.25) is 0 Å². The van der Waals surface area contributed by atoms with E-state index in [0.717, 1.165) is 4.90 Å². The molecule has 0 aromatic heterocycles. The Balaban J connectivity index is 4.10. The number of aliphatic carboxylic acids is 1. The number of likely N-dealkylation sites (N-methyl/N-ethyl adjacent to an activating group) is 1. The molecule has 1 amide bonds. The molecular formula is C10H19NO5. The van der Waals surface area contributed by atoms with Crippen LogP contribution in [0.4, 0.5) is 4.79 Å². The van der Waals surface area contributed by atoms with Gasteiger partial charge in [0.1, 0.15) is 5.60 Å². The molecule has 0 rings (SSSR count). The number of hydrogen-bond acceptors (Lipinski definition) is 4. The molecule has 16 heavy (non-hydrogen) atoms. The molecule has 6 heteroatoms. The topological polar surface area (TPSA) is 87.1 Å². The summed E-state index contributed by atoms with van der Waals surface area (Å²) in [4.78, 5) is 22.9. The van der Waals surface area contributed by atoms with Crippen molar-refractivity contribution in [3.8, 4) is 0 Å². The molecule has 0 heterocycles. The van der Waals surface area contributed by atoms with E-state index < -0.39 is 30.2 Å². The first-order valence-electron chi connectivity index (χ1n) is 4.96. The Labute approximate surface area is 94.8 Å². The van der Waals surface area contributed by atoms with Gasteiger partial charge in [-0.2, -0.15) is 0 Å². The Morgan fingerprint density at radius 2 is 1.88 bits per heavy atom. The van der Waals surface area contributed by atoms with Crippen molar-refractivity contribution < 1.29 is 24.5 Å². The van der Waals surface area contributed by atoms with E-state index in [1.807, 2.05) is 0 Å². The molecule has 1 unspecified atom stereocenters. The number of aliphatic hydroxyl groups is 1. The van der Waals surface area contributed by atoms with Gasteiger partial charge in [-0.1, -0.05) is 0 Å². The molecule has 0 spiro atoms. The normalized spacial score (nSPS) is 13.1. The van der Waals surface area contributed by atoms with Crippen LogP contribution in [0, 0.1) is 0 Å². The number of aliphatic hydroxyl groups excluding tert-OH is 1. The molecule has 0 aliphatic heterocycles.